The molecule has 2 atom stereocenters. The summed E-state index contributed by atoms with van der Waals surface area (Å²) in [5, 5.41) is 3.25. The molecule has 1 aliphatic heterocycles. The van der Waals surface area contributed by atoms with Crippen LogP contribution in [-0.2, 0) is 4.79 Å². The number of para-hydroxylation sites is 1. The number of piperazine rings is 1. The third-order valence-electron chi connectivity index (χ3n) is 6.36. The first-order valence-electron chi connectivity index (χ1n) is 11.8. The Balaban J connectivity index is 1.29. The Hall–Kier alpha value is -3.63. The van der Waals surface area contributed by atoms with Gasteiger partial charge in [0, 0.05) is 44.7 Å². The molecule has 0 saturated carbocycles. The van der Waals surface area contributed by atoms with Crippen molar-refractivity contribution in [3.8, 4) is 11.6 Å². The molecule has 5 rings (SSSR count). The molecule has 10 heteroatoms. The zero-order chi connectivity index (χ0) is 25.2. The number of thiazole rings is 1. The van der Waals surface area contributed by atoms with Crippen LogP contribution in [0.15, 0.2) is 54.9 Å². The smallest absolute Gasteiger partial charge is 0.224 e. The van der Waals surface area contributed by atoms with Gasteiger partial charge in [-0.1, -0.05) is 29.5 Å². The third kappa shape index (κ3) is 5.14. The van der Waals surface area contributed by atoms with Gasteiger partial charge >= 0.3 is 0 Å². The van der Waals surface area contributed by atoms with Crippen LogP contribution in [0.2, 0.25) is 0 Å². The van der Waals surface area contributed by atoms with Crippen LogP contribution >= 0.6 is 11.3 Å². The topological polar surface area (TPSA) is 83.5 Å². The van der Waals surface area contributed by atoms with Crippen molar-refractivity contribution in [1.82, 2.24) is 19.9 Å². The second kappa shape index (κ2) is 10.2. The van der Waals surface area contributed by atoms with Gasteiger partial charge in [0.05, 0.1) is 4.70 Å². The molecule has 1 fully saturated rings. The maximum Gasteiger partial charge on any atom is 0.224 e. The number of aromatic nitrogens is 3. The molecule has 2 aromatic heterocycles. The van der Waals surface area contributed by atoms with Gasteiger partial charge in [0.15, 0.2) is 10.9 Å². The Morgan fingerprint density at radius 2 is 2.00 bits per heavy atom. The molecule has 8 nitrogen and oxygen atoms in total. The monoisotopic (exact) mass is 506 g/mol. The predicted molar refractivity (Wildman–Crippen MR) is 139 cm³/mol. The van der Waals surface area contributed by atoms with Gasteiger partial charge in [-0.05, 0) is 43.7 Å². The fourth-order valence-electron chi connectivity index (χ4n) is 4.57. The highest BCUT2D eigenvalue weighted by atomic mass is 32.1. The number of carbonyl (C=O) groups is 1. The van der Waals surface area contributed by atoms with E-state index in [0.717, 1.165) is 35.7 Å². The Morgan fingerprint density at radius 3 is 2.75 bits per heavy atom. The molecule has 1 aliphatic rings. The standard InChI is InChI=1S/C26H27FN6O2S/c1-16-14-32(11-12-33(16)17(2)19-7-9-20(27)10-8-19)23-13-24(29-15-28-23)35-21-5-4-6-22-25(21)31-26(36-22)30-18(3)34/h4-10,13,15-17H,11-12,14H2,1-3H3,(H,30,31,34)/t16-,17-/m1/s1. The normalized spacial score (nSPS) is 17.2. The third-order valence-corrected chi connectivity index (χ3v) is 7.30. The molecule has 36 heavy (non-hydrogen) atoms. The lowest BCUT2D eigenvalue weighted by molar-refractivity contribution is -0.114. The highest BCUT2D eigenvalue weighted by Gasteiger charge is 2.29. The van der Waals surface area contributed by atoms with Gasteiger partial charge in [0.2, 0.25) is 11.8 Å². The molecule has 2 aromatic carbocycles. The number of hydrogen-bond acceptors (Lipinski definition) is 8. The molecule has 4 aromatic rings. The Bertz CT molecular complexity index is 1380. The molecule has 0 aliphatic carbocycles. The summed E-state index contributed by atoms with van der Waals surface area (Å²) in [6.07, 6.45) is 1.51. The van der Waals surface area contributed by atoms with Gasteiger partial charge in [-0.25, -0.2) is 19.3 Å². The number of hydrogen-bond donors (Lipinski definition) is 1. The minimum absolute atomic E-state index is 0.168. The summed E-state index contributed by atoms with van der Waals surface area (Å²) in [5.74, 6) is 1.40. The summed E-state index contributed by atoms with van der Waals surface area (Å²) in [6.45, 7) is 8.25. The number of nitrogens with one attached hydrogen (secondary N) is 1. The quantitative estimate of drug-likeness (QED) is 0.383. The van der Waals surface area contributed by atoms with E-state index in [4.69, 9.17) is 4.74 Å². The van der Waals surface area contributed by atoms with Crippen molar-refractivity contribution >= 4 is 38.4 Å². The summed E-state index contributed by atoms with van der Waals surface area (Å²) in [5.41, 5.74) is 1.77. The van der Waals surface area contributed by atoms with Gasteiger partial charge in [0.25, 0.3) is 0 Å². The van der Waals surface area contributed by atoms with Crippen molar-refractivity contribution in [2.24, 2.45) is 0 Å². The predicted octanol–water partition coefficient (Wildman–Crippen LogP) is 5.25. The molecule has 0 radical (unpaired) electrons. The maximum atomic E-state index is 13.3. The molecule has 186 valence electrons. The highest BCUT2D eigenvalue weighted by molar-refractivity contribution is 7.22. The number of halogens is 1. The van der Waals surface area contributed by atoms with Gasteiger partial charge < -0.3 is 15.0 Å². The van der Waals surface area contributed by atoms with Crippen LogP contribution in [-0.4, -0.2) is 51.4 Å². The number of rotatable bonds is 6. The van der Waals surface area contributed by atoms with E-state index >= 15 is 0 Å². The molecular formula is C26H27FN6O2S. The van der Waals surface area contributed by atoms with E-state index in [0.29, 0.717) is 22.3 Å². The van der Waals surface area contributed by atoms with E-state index in [9.17, 15) is 9.18 Å². The Kier molecular flexibility index (Phi) is 6.80. The first-order chi connectivity index (χ1) is 17.4. The van der Waals surface area contributed by atoms with Crippen molar-refractivity contribution in [2.75, 3.05) is 29.9 Å². The van der Waals surface area contributed by atoms with E-state index in [2.05, 4.69) is 43.9 Å². The van der Waals surface area contributed by atoms with E-state index < -0.39 is 0 Å². The van der Waals surface area contributed by atoms with Crippen molar-refractivity contribution < 1.29 is 13.9 Å². The van der Waals surface area contributed by atoms with Crippen molar-refractivity contribution in [1.29, 1.82) is 0 Å². The lowest BCUT2D eigenvalue weighted by Gasteiger charge is -2.43. The minimum atomic E-state index is -0.218. The van der Waals surface area contributed by atoms with E-state index in [1.165, 1.54) is 36.7 Å². The minimum Gasteiger partial charge on any atom is -0.437 e. The lowest BCUT2D eigenvalue weighted by Crippen LogP contribution is -2.52. The zero-order valence-electron chi connectivity index (χ0n) is 20.3. The van der Waals surface area contributed by atoms with Crippen LogP contribution in [0, 0.1) is 5.82 Å². The molecule has 3 heterocycles. The van der Waals surface area contributed by atoms with Crippen LogP contribution in [0.5, 0.6) is 11.6 Å². The lowest BCUT2D eigenvalue weighted by atomic mass is 10.0. The number of benzene rings is 2. The van der Waals surface area contributed by atoms with Gasteiger partial charge in [-0.15, -0.1) is 0 Å². The SMILES string of the molecule is CC(=O)Nc1nc2c(Oc3cc(N4CCN([C@H](C)c5ccc(F)cc5)[C@H](C)C4)ncn3)cccc2s1. The summed E-state index contributed by atoms with van der Waals surface area (Å²) >= 11 is 1.39. The van der Waals surface area contributed by atoms with E-state index in [1.54, 1.807) is 0 Å². The molecular weight excluding hydrogens is 479 g/mol. The van der Waals surface area contributed by atoms with Gasteiger partial charge in [-0.2, -0.15) is 0 Å². The first kappa shape index (κ1) is 24.1. The fourth-order valence-corrected chi connectivity index (χ4v) is 5.50. The first-order valence-corrected chi connectivity index (χ1v) is 12.6. The van der Waals surface area contributed by atoms with E-state index in [-0.39, 0.29) is 23.8 Å². The average Bonchev–Trinajstić information content (AvgIpc) is 3.27. The second-order valence-corrected chi connectivity index (χ2v) is 9.91. The van der Waals surface area contributed by atoms with Crippen LogP contribution in [0.25, 0.3) is 10.2 Å². The number of anilines is 2. The number of amides is 1. The van der Waals surface area contributed by atoms with Crippen molar-refractivity contribution in [3.63, 3.8) is 0 Å². The largest absolute Gasteiger partial charge is 0.437 e. The molecule has 0 bridgehead atoms. The second-order valence-electron chi connectivity index (χ2n) is 8.88. The van der Waals surface area contributed by atoms with Crippen LogP contribution in [0.3, 0.4) is 0 Å². The Labute approximate surface area is 212 Å². The fraction of sp³-hybridized carbons (Fsp3) is 0.308. The zero-order valence-corrected chi connectivity index (χ0v) is 21.1. The van der Waals surface area contributed by atoms with Gasteiger partial charge in [0.1, 0.15) is 23.5 Å². The molecule has 1 N–H and O–H groups in total. The van der Waals surface area contributed by atoms with Crippen LogP contribution in [0.1, 0.15) is 32.4 Å². The van der Waals surface area contributed by atoms with E-state index in [1.807, 2.05) is 36.4 Å². The molecule has 0 unspecified atom stereocenters. The van der Waals surface area contributed by atoms with Gasteiger partial charge in [-0.3, -0.25) is 9.69 Å². The summed E-state index contributed by atoms with van der Waals surface area (Å²) in [6, 6.07) is 14.7. The average molecular weight is 507 g/mol. The number of ether oxygens (including phenoxy) is 1. The summed E-state index contributed by atoms with van der Waals surface area (Å²) in [4.78, 5) is 29.4. The van der Waals surface area contributed by atoms with Crippen LogP contribution in [0.4, 0.5) is 15.3 Å². The number of nitrogens with zero attached hydrogens (tertiary/aromatic N) is 5. The molecule has 0 spiro atoms. The highest BCUT2D eigenvalue weighted by Crippen LogP contribution is 2.35. The Morgan fingerprint density at radius 1 is 1.19 bits per heavy atom. The number of fused-ring (bicyclic) bond motifs is 1. The number of carbonyl (C=O) groups excluding carboxylic acids is 1. The summed E-state index contributed by atoms with van der Waals surface area (Å²) in [7, 11) is 0. The molecule has 1 amide bonds. The van der Waals surface area contributed by atoms with Crippen LogP contribution < -0.4 is 15.0 Å². The maximum absolute atomic E-state index is 13.3. The van der Waals surface area contributed by atoms with Crippen molar-refractivity contribution in [2.45, 2.75) is 32.9 Å². The summed E-state index contributed by atoms with van der Waals surface area (Å²) < 4.78 is 20.4. The molecule has 1 saturated heterocycles. The van der Waals surface area contributed by atoms with Crippen molar-refractivity contribution in [3.05, 3.63) is 66.2 Å².